The molecular weight excluding hydrogens is 852 g/mol. The van der Waals surface area contributed by atoms with Crippen LogP contribution in [0, 0.1) is 0 Å². The quantitative estimate of drug-likeness (QED) is 0.0272. The zero-order valence-corrected chi connectivity index (χ0v) is 45.7. The van der Waals surface area contributed by atoms with Gasteiger partial charge in [0, 0.05) is 6.42 Å². The number of aliphatic hydroxyl groups is 1. The van der Waals surface area contributed by atoms with Crippen LogP contribution in [-0.2, 0) is 18.4 Å². The van der Waals surface area contributed by atoms with Crippen LogP contribution < -0.4 is 10.2 Å². The lowest BCUT2D eigenvalue weighted by Gasteiger charge is -2.29. The topological polar surface area (TPSA) is 108 Å². The number of unbranched alkanes of at least 4 members (excludes halogenated alkanes) is 33. The molecule has 0 aromatic heterocycles. The van der Waals surface area contributed by atoms with Crippen molar-refractivity contribution in [1.29, 1.82) is 0 Å². The van der Waals surface area contributed by atoms with Gasteiger partial charge in [-0.25, -0.2) is 0 Å². The first-order valence-electron chi connectivity index (χ1n) is 28.5. The number of nitrogens with one attached hydrogen (secondary N) is 1. The smallest absolute Gasteiger partial charge is 0.268 e. The van der Waals surface area contributed by atoms with Crippen LogP contribution in [0.25, 0.3) is 0 Å². The van der Waals surface area contributed by atoms with E-state index in [4.69, 9.17) is 9.05 Å². The fourth-order valence-electron chi connectivity index (χ4n) is 8.24. The number of rotatable bonds is 52. The number of phosphoric acid groups is 1. The molecule has 0 radical (unpaired) electrons. The molecular formula is C58H111N2O6P. The Morgan fingerprint density at radius 1 is 0.507 bits per heavy atom. The first-order valence-corrected chi connectivity index (χ1v) is 30.0. The average molecular weight is 964 g/mol. The lowest BCUT2D eigenvalue weighted by molar-refractivity contribution is -0.870. The molecule has 3 atom stereocenters. The van der Waals surface area contributed by atoms with Crippen LogP contribution in [0.4, 0.5) is 0 Å². The predicted molar refractivity (Wildman–Crippen MR) is 288 cm³/mol. The molecule has 2 N–H and O–H groups in total. The molecule has 0 saturated carbocycles. The molecule has 0 fully saturated rings. The Labute approximate surface area is 416 Å². The van der Waals surface area contributed by atoms with Gasteiger partial charge in [-0.05, 0) is 70.6 Å². The normalized spacial score (nSPS) is 14.3. The number of hydrogen-bond acceptors (Lipinski definition) is 6. The van der Waals surface area contributed by atoms with Crippen molar-refractivity contribution >= 4 is 13.7 Å². The van der Waals surface area contributed by atoms with Crippen molar-refractivity contribution in [2.75, 3.05) is 40.9 Å². The van der Waals surface area contributed by atoms with Gasteiger partial charge in [-0.15, -0.1) is 0 Å². The van der Waals surface area contributed by atoms with Gasteiger partial charge in [-0.2, -0.15) is 0 Å². The SMILES string of the molecule is CCCCCCCC/C=C\CCCCCCCC(=O)NC(COP(=O)([O-])OCC[N+](C)(C)C)C(O)/C=C/CC/C=C/CC/C=C/CCCCCCCCCCCCCCCCCCCCCC. The molecule has 0 bridgehead atoms. The van der Waals surface area contributed by atoms with Crippen molar-refractivity contribution in [2.24, 2.45) is 0 Å². The third kappa shape index (κ3) is 52.1. The first kappa shape index (κ1) is 65.5. The minimum atomic E-state index is -4.61. The van der Waals surface area contributed by atoms with Gasteiger partial charge in [0.2, 0.25) is 5.91 Å². The van der Waals surface area contributed by atoms with Crippen molar-refractivity contribution in [3.63, 3.8) is 0 Å². The van der Waals surface area contributed by atoms with E-state index >= 15 is 0 Å². The van der Waals surface area contributed by atoms with Crippen molar-refractivity contribution < 1.29 is 32.9 Å². The zero-order chi connectivity index (χ0) is 49.2. The van der Waals surface area contributed by atoms with Gasteiger partial charge in [-0.3, -0.25) is 9.36 Å². The van der Waals surface area contributed by atoms with E-state index in [1.54, 1.807) is 6.08 Å². The summed E-state index contributed by atoms with van der Waals surface area (Å²) in [6, 6.07) is -0.915. The molecule has 0 aliphatic heterocycles. The Bertz CT molecular complexity index is 1230. The van der Waals surface area contributed by atoms with Gasteiger partial charge < -0.3 is 28.8 Å². The highest BCUT2D eigenvalue weighted by Gasteiger charge is 2.23. The van der Waals surface area contributed by atoms with Crippen LogP contribution in [0.3, 0.4) is 0 Å². The summed E-state index contributed by atoms with van der Waals surface area (Å²) in [5.74, 6) is -0.219. The van der Waals surface area contributed by atoms with Crippen LogP contribution in [0.2, 0.25) is 0 Å². The Kier molecular flexibility index (Phi) is 48.3. The van der Waals surface area contributed by atoms with Crippen LogP contribution in [-0.4, -0.2) is 68.5 Å². The Morgan fingerprint density at radius 3 is 1.21 bits per heavy atom. The van der Waals surface area contributed by atoms with Gasteiger partial charge in [0.25, 0.3) is 7.82 Å². The summed E-state index contributed by atoms with van der Waals surface area (Å²) >= 11 is 0. The number of hydrogen-bond donors (Lipinski definition) is 2. The molecule has 0 heterocycles. The highest BCUT2D eigenvalue weighted by molar-refractivity contribution is 7.45. The summed E-state index contributed by atoms with van der Waals surface area (Å²) in [6.45, 7) is 4.62. The van der Waals surface area contributed by atoms with E-state index in [2.05, 4.69) is 55.6 Å². The second-order valence-corrected chi connectivity index (χ2v) is 22.0. The Morgan fingerprint density at radius 2 is 0.836 bits per heavy atom. The highest BCUT2D eigenvalue weighted by atomic mass is 31.2. The molecule has 0 spiro atoms. The second-order valence-electron chi connectivity index (χ2n) is 20.6. The predicted octanol–water partition coefficient (Wildman–Crippen LogP) is 16.5. The van der Waals surface area contributed by atoms with Crippen molar-refractivity contribution in [1.82, 2.24) is 5.32 Å². The first-order chi connectivity index (χ1) is 32.5. The molecule has 9 heteroatoms. The average Bonchev–Trinajstić information content (AvgIpc) is 3.29. The molecule has 8 nitrogen and oxygen atoms in total. The fourth-order valence-corrected chi connectivity index (χ4v) is 8.96. The zero-order valence-electron chi connectivity index (χ0n) is 44.9. The molecule has 0 aromatic rings. The minimum absolute atomic E-state index is 0.0112. The number of carbonyl (C=O) groups is 1. The van der Waals surface area contributed by atoms with E-state index < -0.39 is 26.6 Å². The monoisotopic (exact) mass is 963 g/mol. The molecule has 3 unspecified atom stereocenters. The molecule has 1 amide bonds. The maximum atomic E-state index is 12.9. The number of allylic oxidation sites excluding steroid dienone is 7. The molecule has 0 aliphatic carbocycles. The van der Waals surface area contributed by atoms with Gasteiger partial charge in [0.15, 0.2) is 0 Å². The van der Waals surface area contributed by atoms with Gasteiger partial charge >= 0.3 is 0 Å². The van der Waals surface area contributed by atoms with Crippen LogP contribution in [0.1, 0.15) is 264 Å². The molecule has 0 aromatic carbocycles. The lowest BCUT2D eigenvalue weighted by atomic mass is 10.0. The summed E-state index contributed by atoms with van der Waals surface area (Å²) < 4.78 is 23.3. The molecule has 394 valence electrons. The van der Waals surface area contributed by atoms with Crippen LogP contribution in [0.15, 0.2) is 48.6 Å². The number of quaternary nitrogens is 1. The van der Waals surface area contributed by atoms with E-state index in [9.17, 15) is 19.4 Å². The van der Waals surface area contributed by atoms with Crippen LogP contribution >= 0.6 is 7.82 Å². The fraction of sp³-hybridized carbons (Fsp3) is 0.845. The maximum absolute atomic E-state index is 12.9. The number of aliphatic hydroxyl groups excluding tert-OH is 1. The van der Waals surface area contributed by atoms with E-state index in [1.165, 1.54) is 180 Å². The van der Waals surface area contributed by atoms with E-state index in [1.807, 2.05) is 27.2 Å². The highest BCUT2D eigenvalue weighted by Crippen LogP contribution is 2.38. The summed E-state index contributed by atoms with van der Waals surface area (Å²) in [7, 11) is 1.23. The summed E-state index contributed by atoms with van der Waals surface area (Å²) in [6.07, 6.45) is 64.9. The van der Waals surface area contributed by atoms with Gasteiger partial charge in [-0.1, -0.05) is 236 Å². The van der Waals surface area contributed by atoms with Crippen LogP contribution in [0.5, 0.6) is 0 Å². The van der Waals surface area contributed by atoms with E-state index in [0.29, 0.717) is 17.4 Å². The number of phosphoric ester groups is 1. The van der Waals surface area contributed by atoms with Crippen molar-refractivity contribution in [2.45, 2.75) is 276 Å². The summed E-state index contributed by atoms with van der Waals surface area (Å²) in [5.41, 5.74) is 0. The molecule has 0 rings (SSSR count). The Hall–Kier alpha value is -1.54. The number of likely N-dealkylation sites (N-methyl/N-ethyl adjacent to an activating group) is 1. The summed E-state index contributed by atoms with van der Waals surface area (Å²) in [5, 5.41) is 13.8. The molecule has 67 heavy (non-hydrogen) atoms. The second kappa shape index (κ2) is 49.4. The largest absolute Gasteiger partial charge is 0.756 e. The number of amides is 1. The number of carbonyl (C=O) groups excluding carboxylic acids is 1. The third-order valence-electron chi connectivity index (χ3n) is 12.7. The van der Waals surface area contributed by atoms with E-state index in [-0.39, 0.29) is 12.5 Å². The molecule has 0 aliphatic rings. The molecule has 0 saturated heterocycles. The minimum Gasteiger partial charge on any atom is -0.756 e. The Balaban J connectivity index is 4.23. The number of nitrogens with zero attached hydrogens (tertiary/aromatic N) is 1. The van der Waals surface area contributed by atoms with E-state index in [0.717, 1.165) is 64.2 Å². The van der Waals surface area contributed by atoms with Gasteiger partial charge in [0.1, 0.15) is 13.2 Å². The maximum Gasteiger partial charge on any atom is 0.268 e. The van der Waals surface area contributed by atoms with Crippen molar-refractivity contribution in [3.05, 3.63) is 48.6 Å². The van der Waals surface area contributed by atoms with Gasteiger partial charge in [0.05, 0.1) is 39.9 Å². The van der Waals surface area contributed by atoms with Crippen molar-refractivity contribution in [3.8, 4) is 0 Å². The third-order valence-corrected chi connectivity index (χ3v) is 13.7. The standard InChI is InChI=1S/C58H111N2O6P/c1-6-8-10-12-14-16-18-20-22-23-24-25-26-27-28-29-30-31-32-33-34-35-36-38-39-41-43-45-47-49-51-57(61)56(55-66-67(63,64)65-54-53-60(3,4)5)59-58(62)52-50-48-46-44-42-40-37-21-19-17-15-13-11-9-7-2/h21,35-37,41,43,49,51,56-57,61H,6-20,22-34,38-40,42,44-48,50,52-55H2,1-5H3,(H-,59,62,63,64)/b36-35+,37-21-,43-41+,51-49+. The summed E-state index contributed by atoms with van der Waals surface area (Å²) in [4.78, 5) is 25.4. The lowest BCUT2D eigenvalue weighted by Crippen LogP contribution is -2.45.